The normalized spacial score (nSPS) is 17.0. The van der Waals surface area contributed by atoms with E-state index < -0.39 is 10.0 Å². The van der Waals surface area contributed by atoms with Crippen molar-refractivity contribution in [1.29, 1.82) is 0 Å². The number of aryl methyl sites for hydroxylation is 1. The molecule has 128 valence electrons. The number of carbonyl (C=O) groups excluding carboxylic acids is 1. The van der Waals surface area contributed by atoms with E-state index in [0.717, 1.165) is 0 Å². The molecule has 0 aromatic heterocycles. The molecule has 1 aliphatic rings. The highest BCUT2D eigenvalue weighted by atomic mass is 35.5. The smallest absolute Gasteiger partial charge is 0.243 e. The van der Waals surface area contributed by atoms with Crippen LogP contribution in [0.4, 0.5) is 0 Å². The first-order valence-corrected chi connectivity index (χ1v) is 9.19. The van der Waals surface area contributed by atoms with Crippen molar-refractivity contribution >= 4 is 27.5 Å². The lowest BCUT2D eigenvalue weighted by Crippen LogP contribution is -2.36. The molecule has 1 aromatic rings. The Balaban J connectivity index is 2.31. The Morgan fingerprint density at radius 1 is 1.22 bits per heavy atom. The number of nitrogens with zero attached hydrogens (tertiary/aromatic N) is 2. The van der Waals surface area contributed by atoms with Crippen LogP contribution in [0.15, 0.2) is 17.0 Å². The fourth-order valence-electron chi connectivity index (χ4n) is 2.66. The van der Waals surface area contributed by atoms with Crippen molar-refractivity contribution in [3.63, 3.8) is 0 Å². The summed E-state index contributed by atoms with van der Waals surface area (Å²) >= 11 is 6.08. The standard InChI is InChI=1S/C15H21ClN2O4S/c1-11-9-14(22-3)13(16)10-15(11)23(20,21)18-6-4-5-17(7-8-18)12(2)19/h9-10H,4-8H2,1-3H3. The second kappa shape index (κ2) is 7.07. The minimum Gasteiger partial charge on any atom is -0.495 e. The van der Waals surface area contributed by atoms with Crippen LogP contribution in [0.25, 0.3) is 0 Å². The molecule has 0 N–H and O–H groups in total. The van der Waals surface area contributed by atoms with Gasteiger partial charge in [-0.2, -0.15) is 4.31 Å². The largest absolute Gasteiger partial charge is 0.495 e. The minimum atomic E-state index is -3.66. The first kappa shape index (κ1) is 18.0. The van der Waals surface area contributed by atoms with E-state index in [0.29, 0.717) is 37.4 Å². The molecule has 1 aliphatic heterocycles. The third-order valence-corrected chi connectivity index (χ3v) is 6.30. The van der Waals surface area contributed by atoms with E-state index in [1.807, 2.05) is 0 Å². The molecule has 0 aliphatic carbocycles. The number of hydrogen-bond donors (Lipinski definition) is 0. The van der Waals surface area contributed by atoms with Crippen LogP contribution in [0, 0.1) is 6.92 Å². The van der Waals surface area contributed by atoms with Gasteiger partial charge in [-0.05, 0) is 31.0 Å². The average molecular weight is 361 g/mol. The summed E-state index contributed by atoms with van der Waals surface area (Å²) in [4.78, 5) is 13.3. The zero-order valence-corrected chi connectivity index (χ0v) is 15.1. The number of benzene rings is 1. The molecule has 8 heteroatoms. The molecule has 0 spiro atoms. The van der Waals surface area contributed by atoms with E-state index in [-0.39, 0.29) is 22.4 Å². The van der Waals surface area contributed by atoms with Crippen molar-refractivity contribution in [2.45, 2.75) is 25.2 Å². The third-order valence-electron chi connectivity index (χ3n) is 3.97. The summed E-state index contributed by atoms with van der Waals surface area (Å²) in [5.41, 5.74) is 0.582. The maximum Gasteiger partial charge on any atom is 0.243 e. The molecular formula is C15H21ClN2O4S. The van der Waals surface area contributed by atoms with Crippen LogP contribution in [-0.4, -0.2) is 56.8 Å². The fraction of sp³-hybridized carbons (Fsp3) is 0.533. The monoisotopic (exact) mass is 360 g/mol. The van der Waals surface area contributed by atoms with Gasteiger partial charge in [0.15, 0.2) is 0 Å². The van der Waals surface area contributed by atoms with Crippen LogP contribution in [0.5, 0.6) is 5.75 Å². The van der Waals surface area contributed by atoms with Crippen LogP contribution < -0.4 is 4.74 Å². The summed E-state index contributed by atoms with van der Waals surface area (Å²) in [7, 11) is -2.17. The van der Waals surface area contributed by atoms with Gasteiger partial charge in [0, 0.05) is 33.1 Å². The highest BCUT2D eigenvalue weighted by Gasteiger charge is 2.29. The Morgan fingerprint density at radius 3 is 2.52 bits per heavy atom. The van der Waals surface area contributed by atoms with Crippen LogP contribution >= 0.6 is 11.6 Å². The van der Waals surface area contributed by atoms with E-state index >= 15 is 0 Å². The molecule has 0 bridgehead atoms. The summed E-state index contributed by atoms with van der Waals surface area (Å²) in [6, 6.07) is 3.05. The van der Waals surface area contributed by atoms with Crippen molar-refractivity contribution in [3.8, 4) is 5.75 Å². The highest BCUT2D eigenvalue weighted by Crippen LogP contribution is 2.31. The summed E-state index contributed by atoms with van der Waals surface area (Å²) in [5, 5.41) is 0.261. The number of methoxy groups -OCH3 is 1. The Kier molecular flexibility index (Phi) is 5.54. The quantitative estimate of drug-likeness (QED) is 0.825. The zero-order valence-electron chi connectivity index (χ0n) is 13.5. The van der Waals surface area contributed by atoms with E-state index in [4.69, 9.17) is 16.3 Å². The minimum absolute atomic E-state index is 0.0343. The molecule has 1 aromatic carbocycles. The SMILES string of the molecule is COc1cc(C)c(S(=O)(=O)N2CCCN(C(C)=O)CC2)cc1Cl. The summed E-state index contributed by atoms with van der Waals surface area (Å²) in [6.07, 6.45) is 0.613. The Morgan fingerprint density at radius 2 is 1.91 bits per heavy atom. The van der Waals surface area contributed by atoms with Gasteiger partial charge in [0.2, 0.25) is 15.9 Å². The number of halogens is 1. The molecule has 23 heavy (non-hydrogen) atoms. The lowest BCUT2D eigenvalue weighted by molar-refractivity contribution is -0.128. The first-order chi connectivity index (χ1) is 10.8. The molecule has 2 rings (SSSR count). The number of sulfonamides is 1. The van der Waals surface area contributed by atoms with Crippen molar-refractivity contribution < 1.29 is 17.9 Å². The second-order valence-corrected chi connectivity index (χ2v) is 7.83. The van der Waals surface area contributed by atoms with Gasteiger partial charge in [-0.25, -0.2) is 8.42 Å². The van der Waals surface area contributed by atoms with Gasteiger partial charge in [0.05, 0.1) is 17.0 Å². The third kappa shape index (κ3) is 3.79. The number of carbonyl (C=O) groups is 1. The van der Waals surface area contributed by atoms with E-state index in [2.05, 4.69) is 0 Å². The number of rotatable bonds is 3. The van der Waals surface area contributed by atoms with Crippen molar-refractivity contribution in [1.82, 2.24) is 9.21 Å². The molecule has 0 saturated carbocycles. The van der Waals surface area contributed by atoms with Crippen molar-refractivity contribution in [2.75, 3.05) is 33.3 Å². The molecule has 0 radical (unpaired) electrons. The van der Waals surface area contributed by atoms with Gasteiger partial charge < -0.3 is 9.64 Å². The number of ether oxygens (including phenoxy) is 1. The molecule has 0 unspecified atom stereocenters. The van der Waals surface area contributed by atoms with Crippen LogP contribution in [0.1, 0.15) is 18.9 Å². The van der Waals surface area contributed by atoms with Crippen molar-refractivity contribution in [3.05, 3.63) is 22.7 Å². The maximum atomic E-state index is 12.9. The van der Waals surface area contributed by atoms with Gasteiger partial charge in [-0.1, -0.05) is 11.6 Å². The zero-order chi connectivity index (χ0) is 17.2. The Labute approximate surface area is 142 Å². The average Bonchev–Trinajstić information content (AvgIpc) is 2.75. The van der Waals surface area contributed by atoms with Gasteiger partial charge >= 0.3 is 0 Å². The molecule has 0 atom stereocenters. The topological polar surface area (TPSA) is 66.9 Å². The lowest BCUT2D eigenvalue weighted by atomic mass is 10.2. The van der Waals surface area contributed by atoms with Crippen molar-refractivity contribution in [2.24, 2.45) is 0 Å². The van der Waals surface area contributed by atoms with Crippen LogP contribution in [-0.2, 0) is 14.8 Å². The Hall–Kier alpha value is -1.31. The van der Waals surface area contributed by atoms with E-state index in [1.54, 1.807) is 17.9 Å². The molecule has 1 amide bonds. The predicted octanol–water partition coefficient (Wildman–Crippen LogP) is 1.90. The van der Waals surface area contributed by atoms with Gasteiger partial charge in [-0.3, -0.25) is 4.79 Å². The molecular weight excluding hydrogens is 340 g/mol. The second-order valence-electron chi connectivity index (χ2n) is 5.52. The fourth-order valence-corrected chi connectivity index (χ4v) is 4.67. The highest BCUT2D eigenvalue weighted by molar-refractivity contribution is 7.89. The summed E-state index contributed by atoms with van der Waals surface area (Å²) in [6.45, 7) is 4.85. The number of amides is 1. The van der Waals surface area contributed by atoms with Gasteiger partial charge in [-0.15, -0.1) is 0 Å². The van der Waals surface area contributed by atoms with Crippen LogP contribution in [0.3, 0.4) is 0 Å². The number of hydrogen-bond acceptors (Lipinski definition) is 4. The van der Waals surface area contributed by atoms with Gasteiger partial charge in [0.1, 0.15) is 5.75 Å². The van der Waals surface area contributed by atoms with Crippen LogP contribution in [0.2, 0.25) is 5.02 Å². The van der Waals surface area contributed by atoms with Gasteiger partial charge in [0.25, 0.3) is 0 Å². The molecule has 1 fully saturated rings. The predicted molar refractivity (Wildman–Crippen MR) is 88.4 cm³/mol. The Bertz CT molecular complexity index is 706. The maximum absolute atomic E-state index is 12.9. The lowest BCUT2D eigenvalue weighted by Gasteiger charge is -2.22. The first-order valence-electron chi connectivity index (χ1n) is 7.37. The molecule has 1 heterocycles. The molecule has 1 saturated heterocycles. The van der Waals surface area contributed by atoms with E-state index in [9.17, 15) is 13.2 Å². The summed E-state index contributed by atoms with van der Waals surface area (Å²) in [5.74, 6) is 0.412. The summed E-state index contributed by atoms with van der Waals surface area (Å²) < 4.78 is 32.4. The van der Waals surface area contributed by atoms with E-state index in [1.165, 1.54) is 24.4 Å². The molecule has 6 nitrogen and oxygen atoms in total.